The van der Waals surface area contributed by atoms with Crippen LogP contribution in [0.5, 0.6) is 0 Å². The summed E-state index contributed by atoms with van der Waals surface area (Å²) in [5.74, 6) is -0.751. The smallest absolute Gasteiger partial charge is 0.303 e. The van der Waals surface area contributed by atoms with Crippen LogP contribution >= 0.6 is 0 Å². The SMILES string of the molecule is CC(C)(CCC(=O)O)c1ccc(N)cc1. The predicted octanol–water partition coefficient (Wildman–Crippen LogP) is 2.41. The van der Waals surface area contributed by atoms with Crippen molar-refractivity contribution in [1.29, 1.82) is 0 Å². The molecule has 1 aromatic carbocycles. The zero-order chi connectivity index (χ0) is 11.5. The third-order valence-electron chi connectivity index (χ3n) is 2.66. The third kappa shape index (κ3) is 3.27. The molecule has 0 aliphatic heterocycles. The molecule has 0 radical (unpaired) electrons. The van der Waals surface area contributed by atoms with Gasteiger partial charge in [-0.3, -0.25) is 4.79 Å². The Kier molecular flexibility index (Phi) is 3.35. The number of carboxylic acids is 1. The molecule has 0 heterocycles. The molecule has 0 fully saturated rings. The van der Waals surface area contributed by atoms with Crippen molar-refractivity contribution in [2.75, 3.05) is 5.73 Å². The summed E-state index contributed by atoms with van der Waals surface area (Å²) < 4.78 is 0. The first-order valence-electron chi connectivity index (χ1n) is 4.99. The van der Waals surface area contributed by atoms with Crippen LogP contribution in [0.4, 0.5) is 5.69 Å². The zero-order valence-corrected chi connectivity index (χ0v) is 9.16. The standard InChI is InChI=1S/C12H17NO2/c1-12(2,8-7-11(14)15)9-3-5-10(13)6-4-9/h3-6H,7-8,13H2,1-2H3,(H,14,15). The highest BCUT2D eigenvalue weighted by Crippen LogP contribution is 2.28. The van der Waals surface area contributed by atoms with E-state index in [4.69, 9.17) is 10.8 Å². The maximum absolute atomic E-state index is 10.5. The first kappa shape index (κ1) is 11.6. The fraction of sp³-hybridized carbons (Fsp3) is 0.417. The molecule has 1 aromatic rings. The minimum Gasteiger partial charge on any atom is -0.481 e. The van der Waals surface area contributed by atoms with Gasteiger partial charge in [-0.25, -0.2) is 0 Å². The number of aliphatic carboxylic acids is 1. The minimum absolute atomic E-state index is 0.119. The van der Waals surface area contributed by atoms with Crippen molar-refractivity contribution in [3.63, 3.8) is 0 Å². The van der Waals surface area contributed by atoms with E-state index in [1.165, 1.54) is 0 Å². The Morgan fingerprint density at radius 3 is 2.33 bits per heavy atom. The lowest BCUT2D eigenvalue weighted by atomic mass is 9.80. The molecule has 0 atom stereocenters. The molecule has 3 heteroatoms. The van der Waals surface area contributed by atoms with Crippen molar-refractivity contribution < 1.29 is 9.90 Å². The molecular formula is C12H17NO2. The summed E-state index contributed by atoms with van der Waals surface area (Å²) in [6, 6.07) is 7.60. The Labute approximate surface area is 89.9 Å². The van der Waals surface area contributed by atoms with Crippen LogP contribution in [-0.4, -0.2) is 11.1 Å². The molecule has 0 aromatic heterocycles. The van der Waals surface area contributed by atoms with Crippen molar-refractivity contribution in [2.45, 2.75) is 32.1 Å². The van der Waals surface area contributed by atoms with Gasteiger partial charge in [-0.05, 0) is 29.5 Å². The average Bonchev–Trinajstić information content (AvgIpc) is 2.16. The van der Waals surface area contributed by atoms with Crippen LogP contribution in [0.2, 0.25) is 0 Å². The van der Waals surface area contributed by atoms with E-state index in [1.54, 1.807) is 0 Å². The van der Waals surface area contributed by atoms with Crippen LogP contribution in [0.1, 0.15) is 32.3 Å². The highest BCUT2D eigenvalue weighted by molar-refractivity contribution is 5.66. The van der Waals surface area contributed by atoms with E-state index in [2.05, 4.69) is 0 Å². The summed E-state index contributed by atoms with van der Waals surface area (Å²) in [6.45, 7) is 4.09. The molecule has 0 saturated carbocycles. The number of benzene rings is 1. The molecule has 0 aliphatic rings. The number of anilines is 1. The Hall–Kier alpha value is -1.51. The van der Waals surface area contributed by atoms with Crippen LogP contribution in [0.25, 0.3) is 0 Å². The average molecular weight is 207 g/mol. The summed E-state index contributed by atoms with van der Waals surface area (Å²) in [6.07, 6.45) is 0.823. The molecule has 15 heavy (non-hydrogen) atoms. The monoisotopic (exact) mass is 207 g/mol. The summed E-state index contributed by atoms with van der Waals surface area (Å²) >= 11 is 0. The molecule has 0 spiro atoms. The van der Waals surface area contributed by atoms with E-state index in [-0.39, 0.29) is 11.8 Å². The number of hydrogen-bond acceptors (Lipinski definition) is 2. The third-order valence-corrected chi connectivity index (χ3v) is 2.66. The minimum atomic E-state index is -0.751. The predicted molar refractivity (Wildman–Crippen MR) is 60.8 cm³/mol. The summed E-state index contributed by atoms with van der Waals surface area (Å²) in [7, 11) is 0. The molecule has 82 valence electrons. The molecule has 0 amide bonds. The lowest BCUT2D eigenvalue weighted by Gasteiger charge is -2.24. The van der Waals surface area contributed by atoms with Gasteiger partial charge in [0, 0.05) is 12.1 Å². The van der Waals surface area contributed by atoms with Gasteiger partial charge in [-0.15, -0.1) is 0 Å². The number of nitrogens with two attached hydrogens (primary N) is 1. The fourth-order valence-corrected chi connectivity index (χ4v) is 1.50. The van der Waals surface area contributed by atoms with Gasteiger partial charge < -0.3 is 10.8 Å². The van der Waals surface area contributed by atoms with Crippen molar-refractivity contribution in [3.05, 3.63) is 29.8 Å². The number of carbonyl (C=O) groups is 1. The molecule has 0 unspecified atom stereocenters. The van der Waals surface area contributed by atoms with E-state index in [1.807, 2.05) is 38.1 Å². The van der Waals surface area contributed by atoms with Gasteiger partial charge in [0.1, 0.15) is 0 Å². The Bertz CT molecular complexity index is 341. The van der Waals surface area contributed by atoms with E-state index in [9.17, 15) is 4.79 Å². The Balaban J connectivity index is 2.76. The van der Waals surface area contributed by atoms with Crippen LogP contribution in [0.3, 0.4) is 0 Å². The van der Waals surface area contributed by atoms with Crippen LogP contribution in [0.15, 0.2) is 24.3 Å². The van der Waals surface area contributed by atoms with Gasteiger partial charge in [-0.1, -0.05) is 26.0 Å². The maximum atomic E-state index is 10.5. The Morgan fingerprint density at radius 2 is 1.87 bits per heavy atom. The summed E-state index contributed by atoms with van der Waals surface area (Å²) in [5.41, 5.74) is 7.33. The largest absolute Gasteiger partial charge is 0.481 e. The zero-order valence-electron chi connectivity index (χ0n) is 9.16. The van der Waals surface area contributed by atoms with Crippen LogP contribution < -0.4 is 5.73 Å². The first-order valence-corrected chi connectivity index (χ1v) is 4.99. The highest BCUT2D eigenvalue weighted by atomic mass is 16.4. The lowest BCUT2D eigenvalue weighted by molar-refractivity contribution is -0.137. The van der Waals surface area contributed by atoms with E-state index in [0.29, 0.717) is 6.42 Å². The van der Waals surface area contributed by atoms with Crippen LogP contribution in [-0.2, 0) is 10.2 Å². The van der Waals surface area contributed by atoms with Crippen molar-refractivity contribution in [3.8, 4) is 0 Å². The number of rotatable bonds is 4. The molecule has 0 bridgehead atoms. The normalized spacial score (nSPS) is 11.3. The molecule has 3 N–H and O–H groups in total. The topological polar surface area (TPSA) is 63.3 Å². The summed E-state index contributed by atoms with van der Waals surface area (Å²) in [5, 5.41) is 8.65. The van der Waals surface area contributed by atoms with Gasteiger partial charge in [0.25, 0.3) is 0 Å². The molecular weight excluding hydrogens is 190 g/mol. The molecule has 1 rings (SSSR count). The first-order chi connectivity index (χ1) is 6.92. The van der Waals surface area contributed by atoms with Crippen molar-refractivity contribution in [2.24, 2.45) is 0 Å². The van der Waals surface area contributed by atoms with Gasteiger partial charge in [0.2, 0.25) is 0 Å². The second-order valence-electron chi connectivity index (χ2n) is 4.40. The van der Waals surface area contributed by atoms with Crippen molar-refractivity contribution in [1.82, 2.24) is 0 Å². The van der Waals surface area contributed by atoms with Gasteiger partial charge in [0.15, 0.2) is 0 Å². The second-order valence-corrected chi connectivity index (χ2v) is 4.40. The van der Waals surface area contributed by atoms with E-state index >= 15 is 0 Å². The quantitative estimate of drug-likeness (QED) is 0.745. The van der Waals surface area contributed by atoms with E-state index in [0.717, 1.165) is 11.3 Å². The number of nitrogen functional groups attached to an aromatic ring is 1. The summed E-state index contributed by atoms with van der Waals surface area (Å²) in [4.78, 5) is 10.5. The number of hydrogen-bond donors (Lipinski definition) is 2. The van der Waals surface area contributed by atoms with Crippen LogP contribution in [0, 0.1) is 0 Å². The van der Waals surface area contributed by atoms with Gasteiger partial charge in [0.05, 0.1) is 0 Å². The van der Waals surface area contributed by atoms with Gasteiger partial charge in [-0.2, -0.15) is 0 Å². The van der Waals surface area contributed by atoms with Crippen molar-refractivity contribution >= 4 is 11.7 Å². The number of carboxylic acid groups (broad SMARTS) is 1. The fourth-order valence-electron chi connectivity index (χ4n) is 1.50. The highest BCUT2D eigenvalue weighted by Gasteiger charge is 2.21. The molecule has 3 nitrogen and oxygen atoms in total. The van der Waals surface area contributed by atoms with Gasteiger partial charge >= 0.3 is 5.97 Å². The van der Waals surface area contributed by atoms with E-state index < -0.39 is 5.97 Å². The maximum Gasteiger partial charge on any atom is 0.303 e. The second kappa shape index (κ2) is 4.34. The lowest BCUT2D eigenvalue weighted by Crippen LogP contribution is -2.18. The molecule has 0 saturated heterocycles. The molecule has 0 aliphatic carbocycles. The Morgan fingerprint density at radius 1 is 1.33 bits per heavy atom.